The summed E-state index contributed by atoms with van der Waals surface area (Å²) in [5.74, 6) is -0.435. The second-order valence-corrected chi connectivity index (χ2v) is 8.65. The summed E-state index contributed by atoms with van der Waals surface area (Å²) in [5.41, 5.74) is 0.243. The second-order valence-electron chi connectivity index (χ2n) is 5.24. The molecule has 2 aliphatic rings. The van der Waals surface area contributed by atoms with Crippen molar-refractivity contribution < 1.29 is 13.2 Å². The van der Waals surface area contributed by atoms with Gasteiger partial charge < -0.3 is 4.90 Å². The van der Waals surface area contributed by atoms with Crippen molar-refractivity contribution >= 4 is 44.2 Å². The molecule has 0 aliphatic carbocycles. The molecule has 2 aliphatic heterocycles. The molecule has 1 fully saturated rings. The Morgan fingerprint density at radius 1 is 1.18 bits per heavy atom. The van der Waals surface area contributed by atoms with E-state index in [0.29, 0.717) is 4.32 Å². The maximum absolute atomic E-state index is 12.4. The number of thiocarbonyl (C=S) groups is 1. The lowest BCUT2D eigenvalue weighted by atomic mass is 10.1. The van der Waals surface area contributed by atoms with Crippen LogP contribution in [0.3, 0.4) is 0 Å². The van der Waals surface area contributed by atoms with Crippen LogP contribution in [0.15, 0.2) is 29.2 Å². The summed E-state index contributed by atoms with van der Waals surface area (Å²) in [7, 11) is -3.74. The Balaban J connectivity index is 1.71. The number of hydrogen-bond acceptors (Lipinski definition) is 5. The second kappa shape index (κ2) is 6.17. The van der Waals surface area contributed by atoms with Crippen molar-refractivity contribution in [2.24, 2.45) is 0 Å². The number of piperidine rings is 1. The molecular formula is C14H16N2O3S3. The Morgan fingerprint density at radius 2 is 1.86 bits per heavy atom. The molecule has 0 saturated carbocycles. The molecule has 0 N–H and O–H groups in total. The zero-order valence-corrected chi connectivity index (χ0v) is 14.3. The molecule has 1 saturated heterocycles. The highest BCUT2D eigenvalue weighted by molar-refractivity contribution is 8.23. The summed E-state index contributed by atoms with van der Waals surface area (Å²) in [6.45, 7) is 1.82. The third kappa shape index (κ3) is 2.75. The largest absolute Gasteiger partial charge is 0.357 e. The van der Waals surface area contributed by atoms with Crippen LogP contribution in [0, 0.1) is 0 Å². The highest BCUT2D eigenvalue weighted by Crippen LogP contribution is 2.31. The molecule has 1 amide bonds. The molecule has 1 aromatic carbocycles. The van der Waals surface area contributed by atoms with Gasteiger partial charge in [0.05, 0.1) is 11.4 Å². The van der Waals surface area contributed by atoms with E-state index in [0.717, 1.165) is 30.2 Å². The van der Waals surface area contributed by atoms with Gasteiger partial charge >= 0.3 is 0 Å². The van der Waals surface area contributed by atoms with Gasteiger partial charge in [-0.3, -0.25) is 4.79 Å². The number of likely N-dealkylation sites (tertiary alicyclic amines) is 1. The first-order valence-corrected chi connectivity index (χ1v) is 9.93. The lowest BCUT2D eigenvalue weighted by molar-refractivity contribution is 0.0887. The highest BCUT2D eigenvalue weighted by Gasteiger charge is 2.40. The van der Waals surface area contributed by atoms with Gasteiger partial charge in [-0.05, 0) is 31.4 Å². The third-order valence-electron chi connectivity index (χ3n) is 3.83. The van der Waals surface area contributed by atoms with Gasteiger partial charge in [-0.25, -0.2) is 12.7 Å². The summed E-state index contributed by atoms with van der Waals surface area (Å²) < 4.78 is 26.4. The van der Waals surface area contributed by atoms with Crippen LogP contribution in [-0.4, -0.2) is 46.8 Å². The number of fused-ring (bicyclic) bond motifs is 1. The minimum absolute atomic E-state index is 0.0329. The van der Waals surface area contributed by atoms with Crippen molar-refractivity contribution in [1.29, 1.82) is 0 Å². The third-order valence-corrected chi connectivity index (χ3v) is 7.29. The van der Waals surface area contributed by atoms with E-state index in [1.165, 1.54) is 24.2 Å². The monoisotopic (exact) mass is 356 g/mol. The van der Waals surface area contributed by atoms with Gasteiger partial charge in [-0.2, -0.15) is 0 Å². The molecular weight excluding hydrogens is 340 g/mol. The van der Waals surface area contributed by atoms with Crippen LogP contribution in [0.5, 0.6) is 0 Å². The zero-order chi connectivity index (χ0) is 15.7. The molecule has 0 unspecified atom stereocenters. The Labute approximate surface area is 139 Å². The quantitative estimate of drug-likeness (QED) is 0.758. The summed E-state index contributed by atoms with van der Waals surface area (Å²) in [5, 5.41) is 0. The predicted octanol–water partition coefficient (Wildman–Crippen LogP) is 2.29. The van der Waals surface area contributed by atoms with Gasteiger partial charge in [0.2, 0.25) is 0 Å². The molecule has 8 heteroatoms. The number of rotatable bonds is 2. The van der Waals surface area contributed by atoms with E-state index in [2.05, 4.69) is 4.90 Å². The normalized spacial score (nSPS) is 20.1. The lowest BCUT2D eigenvalue weighted by Crippen LogP contribution is -2.35. The molecule has 3 rings (SSSR count). The first-order chi connectivity index (χ1) is 10.5. The molecule has 0 spiro atoms. The fourth-order valence-electron chi connectivity index (χ4n) is 2.64. The highest BCUT2D eigenvalue weighted by atomic mass is 32.2. The number of carbonyl (C=O) groups excluding carboxylic acids is 1. The fraction of sp³-hybridized carbons (Fsp3) is 0.429. The number of nitrogens with zero attached hydrogens (tertiary/aromatic N) is 2. The van der Waals surface area contributed by atoms with Crippen LogP contribution in [-0.2, 0) is 10.0 Å². The van der Waals surface area contributed by atoms with E-state index in [1.54, 1.807) is 18.2 Å². The average molecular weight is 356 g/mol. The molecule has 1 aromatic rings. The molecule has 0 atom stereocenters. The molecule has 22 heavy (non-hydrogen) atoms. The van der Waals surface area contributed by atoms with E-state index >= 15 is 0 Å². The number of thioether (sulfide) groups is 1. The predicted molar refractivity (Wildman–Crippen MR) is 90.3 cm³/mol. The smallest absolute Gasteiger partial charge is 0.269 e. The molecule has 2 heterocycles. The Morgan fingerprint density at radius 3 is 2.55 bits per heavy atom. The molecule has 0 bridgehead atoms. The van der Waals surface area contributed by atoms with Crippen molar-refractivity contribution in [3.05, 3.63) is 29.8 Å². The minimum atomic E-state index is -3.74. The van der Waals surface area contributed by atoms with Crippen LogP contribution < -0.4 is 0 Å². The topological polar surface area (TPSA) is 57.7 Å². The van der Waals surface area contributed by atoms with Crippen LogP contribution in [0.4, 0.5) is 0 Å². The standard InChI is InChI=1S/C14H16N2O3S3/c17-13-11-6-2-3-7-12(11)22(18,19)16(13)10-21-14(20)15-8-4-1-5-9-15/h2-3,6-7H,1,4-5,8-10H2. The Kier molecular flexibility index (Phi) is 4.42. The van der Waals surface area contributed by atoms with Crippen molar-refractivity contribution in [2.75, 3.05) is 19.0 Å². The first-order valence-electron chi connectivity index (χ1n) is 7.09. The van der Waals surface area contributed by atoms with E-state index in [4.69, 9.17) is 12.2 Å². The summed E-state index contributed by atoms with van der Waals surface area (Å²) in [6, 6.07) is 6.30. The number of carbonyl (C=O) groups is 1. The van der Waals surface area contributed by atoms with Crippen molar-refractivity contribution in [1.82, 2.24) is 9.21 Å². The fourth-order valence-corrected chi connectivity index (χ4v) is 5.64. The van der Waals surface area contributed by atoms with E-state index in [9.17, 15) is 13.2 Å². The molecule has 5 nitrogen and oxygen atoms in total. The van der Waals surface area contributed by atoms with E-state index in [-0.39, 0.29) is 16.3 Å². The van der Waals surface area contributed by atoms with E-state index < -0.39 is 15.9 Å². The average Bonchev–Trinajstić information content (AvgIpc) is 2.73. The number of amides is 1. The number of hydrogen-bond donors (Lipinski definition) is 0. The van der Waals surface area contributed by atoms with Gasteiger partial charge in [0.1, 0.15) is 9.22 Å². The SMILES string of the molecule is O=C1c2ccccc2S(=O)(=O)N1CSC(=S)N1CCCCC1. The van der Waals surface area contributed by atoms with Gasteiger partial charge in [0.25, 0.3) is 15.9 Å². The number of benzene rings is 1. The molecule has 118 valence electrons. The number of sulfonamides is 1. The lowest BCUT2D eigenvalue weighted by Gasteiger charge is -2.29. The Bertz CT molecular complexity index is 712. The van der Waals surface area contributed by atoms with Gasteiger partial charge in [-0.15, -0.1) is 0 Å². The molecule has 0 radical (unpaired) electrons. The first kappa shape index (κ1) is 15.8. The summed E-state index contributed by atoms with van der Waals surface area (Å²) in [4.78, 5) is 14.5. The van der Waals surface area contributed by atoms with Crippen molar-refractivity contribution in [3.8, 4) is 0 Å². The Hall–Kier alpha value is -1.12. The van der Waals surface area contributed by atoms with Gasteiger partial charge in [0.15, 0.2) is 0 Å². The van der Waals surface area contributed by atoms with E-state index in [1.807, 2.05) is 0 Å². The van der Waals surface area contributed by atoms with Crippen LogP contribution in [0.2, 0.25) is 0 Å². The van der Waals surface area contributed by atoms with Crippen molar-refractivity contribution in [2.45, 2.75) is 24.2 Å². The maximum atomic E-state index is 12.4. The van der Waals surface area contributed by atoms with Crippen LogP contribution in [0.1, 0.15) is 29.6 Å². The maximum Gasteiger partial charge on any atom is 0.269 e. The van der Waals surface area contributed by atoms with Crippen molar-refractivity contribution in [3.63, 3.8) is 0 Å². The zero-order valence-electron chi connectivity index (χ0n) is 11.9. The van der Waals surface area contributed by atoms with Crippen LogP contribution in [0.25, 0.3) is 0 Å². The van der Waals surface area contributed by atoms with Gasteiger partial charge in [-0.1, -0.05) is 36.1 Å². The molecule has 0 aromatic heterocycles. The van der Waals surface area contributed by atoms with Crippen LogP contribution >= 0.6 is 24.0 Å². The summed E-state index contributed by atoms with van der Waals surface area (Å²) >= 11 is 6.60. The minimum Gasteiger partial charge on any atom is -0.357 e. The van der Waals surface area contributed by atoms with Gasteiger partial charge in [0, 0.05) is 13.1 Å². The summed E-state index contributed by atoms with van der Waals surface area (Å²) in [6.07, 6.45) is 3.41.